The van der Waals surface area contributed by atoms with Gasteiger partial charge in [-0.25, -0.2) is 8.42 Å². The molecule has 1 aromatic heterocycles. The lowest BCUT2D eigenvalue weighted by atomic mass is 10.2. The van der Waals surface area contributed by atoms with Crippen LogP contribution in [-0.2, 0) is 26.1 Å². The Morgan fingerprint density at radius 2 is 1.79 bits per heavy atom. The number of carbonyl (C=O) groups excluding carboxylic acids is 2. The molecule has 0 fully saturated rings. The molecule has 0 bridgehead atoms. The molecule has 3 aromatic rings. The topological polar surface area (TPSA) is 141 Å². The Bertz CT molecular complexity index is 1420. The molecular formula is C21H22N4O7S2. The third-order valence-electron chi connectivity index (χ3n) is 5.03. The maximum absolute atomic E-state index is 12.8. The number of non-ortho nitro benzene ring substituents is 1. The van der Waals surface area contributed by atoms with Gasteiger partial charge in [-0.15, -0.1) is 0 Å². The summed E-state index contributed by atoms with van der Waals surface area (Å²) in [6.45, 7) is 3.86. The molecule has 180 valence electrons. The quantitative estimate of drug-likeness (QED) is 0.260. The van der Waals surface area contributed by atoms with E-state index in [0.29, 0.717) is 23.3 Å². The van der Waals surface area contributed by atoms with Crippen LogP contribution >= 0.6 is 11.3 Å². The first-order valence-corrected chi connectivity index (χ1v) is 12.4. The Morgan fingerprint density at radius 1 is 1.15 bits per heavy atom. The Labute approximate surface area is 199 Å². The number of fused-ring (bicyclic) bond motifs is 1. The van der Waals surface area contributed by atoms with Crippen LogP contribution in [0, 0.1) is 10.1 Å². The van der Waals surface area contributed by atoms with E-state index in [9.17, 15) is 28.1 Å². The largest absolute Gasteiger partial charge is 0.468 e. The highest BCUT2D eigenvalue weighted by atomic mass is 32.2. The standard InChI is InChI=1S/C21H22N4O7S2/c1-4-23(5-2)34(30,31)16-9-6-14(7-10-16)20(27)22-21-24(13-19(26)32-3)17-11-8-15(25(28)29)12-18(17)33-21/h6-12H,4-5,13H2,1-3H3. The van der Waals surface area contributed by atoms with Gasteiger partial charge < -0.3 is 9.30 Å². The summed E-state index contributed by atoms with van der Waals surface area (Å²) < 4.78 is 33.2. The van der Waals surface area contributed by atoms with Crippen molar-refractivity contribution >= 4 is 49.1 Å². The number of nitro groups is 1. The number of amides is 1. The number of esters is 1. The fourth-order valence-electron chi connectivity index (χ4n) is 3.24. The monoisotopic (exact) mass is 506 g/mol. The molecule has 0 unspecified atom stereocenters. The Hall–Kier alpha value is -3.42. The van der Waals surface area contributed by atoms with E-state index in [4.69, 9.17) is 4.74 Å². The zero-order valence-corrected chi connectivity index (χ0v) is 20.3. The third-order valence-corrected chi connectivity index (χ3v) is 8.14. The van der Waals surface area contributed by atoms with E-state index in [2.05, 4.69) is 4.99 Å². The first-order valence-electron chi connectivity index (χ1n) is 10.2. The van der Waals surface area contributed by atoms with E-state index in [1.165, 1.54) is 58.4 Å². The molecule has 0 saturated heterocycles. The molecule has 0 atom stereocenters. The number of methoxy groups -OCH3 is 1. The molecule has 0 aliphatic carbocycles. The number of nitrogens with zero attached hydrogens (tertiary/aromatic N) is 4. The second-order valence-corrected chi connectivity index (χ2v) is 9.93. The predicted octanol–water partition coefficient (Wildman–Crippen LogP) is 2.56. The van der Waals surface area contributed by atoms with Crippen LogP contribution in [0.3, 0.4) is 0 Å². The van der Waals surface area contributed by atoms with E-state index in [0.717, 1.165) is 11.3 Å². The number of carbonyl (C=O) groups is 2. The van der Waals surface area contributed by atoms with Crippen molar-refractivity contribution in [3.05, 3.63) is 62.9 Å². The minimum absolute atomic E-state index is 0.0580. The number of hydrogen-bond acceptors (Lipinski definition) is 8. The number of sulfonamides is 1. The molecule has 0 N–H and O–H groups in total. The van der Waals surface area contributed by atoms with Crippen LogP contribution in [0.1, 0.15) is 24.2 Å². The van der Waals surface area contributed by atoms with Gasteiger partial charge >= 0.3 is 5.97 Å². The van der Waals surface area contributed by atoms with Crippen LogP contribution in [0.15, 0.2) is 52.4 Å². The Kier molecular flexibility index (Phi) is 7.59. The summed E-state index contributed by atoms with van der Waals surface area (Å²) in [6, 6.07) is 9.52. The fraction of sp³-hybridized carbons (Fsp3) is 0.286. The van der Waals surface area contributed by atoms with Crippen LogP contribution in [0.5, 0.6) is 0 Å². The van der Waals surface area contributed by atoms with Crippen molar-refractivity contribution in [2.24, 2.45) is 4.99 Å². The number of nitro benzene ring substituents is 1. The lowest BCUT2D eigenvalue weighted by Crippen LogP contribution is -2.30. The molecule has 1 heterocycles. The minimum atomic E-state index is -3.67. The average Bonchev–Trinajstić information content (AvgIpc) is 3.15. The lowest BCUT2D eigenvalue weighted by molar-refractivity contribution is -0.384. The van der Waals surface area contributed by atoms with E-state index < -0.39 is 26.8 Å². The molecule has 0 radical (unpaired) electrons. The van der Waals surface area contributed by atoms with Crippen molar-refractivity contribution in [1.82, 2.24) is 8.87 Å². The fourth-order valence-corrected chi connectivity index (χ4v) is 5.76. The smallest absolute Gasteiger partial charge is 0.325 e. The molecule has 0 spiro atoms. The van der Waals surface area contributed by atoms with Crippen LogP contribution in [-0.4, -0.2) is 54.3 Å². The minimum Gasteiger partial charge on any atom is -0.468 e. The SMILES string of the molecule is CCN(CC)S(=O)(=O)c1ccc(C(=O)N=c2sc3cc([N+](=O)[O-])ccc3n2CC(=O)OC)cc1. The van der Waals surface area contributed by atoms with Crippen LogP contribution in [0.25, 0.3) is 10.2 Å². The van der Waals surface area contributed by atoms with Gasteiger partial charge in [-0.1, -0.05) is 25.2 Å². The molecular weight excluding hydrogens is 484 g/mol. The zero-order valence-electron chi connectivity index (χ0n) is 18.6. The highest BCUT2D eigenvalue weighted by Gasteiger charge is 2.22. The summed E-state index contributed by atoms with van der Waals surface area (Å²) in [7, 11) is -2.45. The predicted molar refractivity (Wildman–Crippen MR) is 125 cm³/mol. The maximum Gasteiger partial charge on any atom is 0.325 e. The van der Waals surface area contributed by atoms with Crippen molar-refractivity contribution in [3.63, 3.8) is 0 Å². The molecule has 34 heavy (non-hydrogen) atoms. The average molecular weight is 507 g/mol. The Balaban J connectivity index is 2.04. The van der Waals surface area contributed by atoms with Crippen LogP contribution in [0.2, 0.25) is 0 Å². The van der Waals surface area contributed by atoms with Crippen molar-refractivity contribution in [3.8, 4) is 0 Å². The number of aromatic nitrogens is 1. The molecule has 3 rings (SSSR count). The van der Waals surface area contributed by atoms with E-state index in [1.807, 2.05) is 0 Å². The molecule has 0 aliphatic rings. The summed E-state index contributed by atoms with van der Waals surface area (Å²) in [6.07, 6.45) is 0. The van der Waals surface area contributed by atoms with E-state index in [-0.39, 0.29) is 27.5 Å². The summed E-state index contributed by atoms with van der Waals surface area (Å²) >= 11 is 1.01. The van der Waals surface area contributed by atoms with Crippen molar-refractivity contribution < 1.29 is 27.7 Å². The Morgan fingerprint density at radius 3 is 2.35 bits per heavy atom. The molecule has 0 saturated carbocycles. The van der Waals surface area contributed by atoms with Gasteiger partial charge in [0.25, 0.3) is 11.6 Å². The number of thiazole rings is 1. The van der Waals surface area contributed by atoms with Gasteiger partial charge in [-0.2, -0.15) is 9.30 Å². The third kappa shape index (κ3) is 5.05. The van der Waals surface area contributed by atoms with Crippen molar-refractivity contribution in [2.45, 2.75) is 25.3 Å². The zero-order chi connectivity index (χ0) is 25.0. The normalized spacial score (nSPS) is 12.3. The highest BCUT2D eigenvalue weighted by Crippen LogP contribution is 2.23. The number of rotatable bonds is 8. The molecule has 11 nitrogen and oxygen atoms in total. The second-order valence-electron chi connectivity index (χ2n) is 6.99. The summed E-state index contributed by atoms with van der Waals surface area (Å²) in [4.78, 5) is 39.6. The van der Waals surface area contributed by atoms with Gasteiger partial charge in [-0.3, -0.25) is 19.7 Å². The second kappa shape index (κ2) is 10.2. The van der Waals surface area contributed by atoms with E-state index in [1.54, 1.807) is 13.8 Å². The van der Waals surface area contributed by atoms with Gasteiger partial charge in [0.15, 0.2) is 4.80 Å². The highest BCUT2D eigenvalue weighted by molar-refractivity contribution is 7.89. The van der Waals surface area contributed by atoms with Crippen molar-refractivity contribution in [1.29, 1.82) is 0 Å². The summed E-state index contributed by atoms with van der Waals surface area (Å²) in [5.41, 5.74) is 0.488. The van der Waals surface area contributed by atoms with Gasteiger partial charge in [-0.05, 0) is 30.3 Å². The van der Waals surface area contributed by atoms with E-state index >= 15 is 0 Å². The molecule has 0 aliphatic heterocycles. The first kappa shape index (κ1) is 25.2. The number of ether oxygens (including phenoxy) is 1. The maximum atomic E-state index is 12.8. The van der Waals surface area contributed by atoms with Crippen LogP contribution < -0.4 is 4.80 Å². The summed E-state index contributed by atoms with van der Waals surface area (Å²) in [5, 5.41) is 11.1. The molecule has 1 amide bonds. The lowest BCUT2D eigenvalue weighted by Gasteiger charge is -2.18. The number of benzene rings is 2. The summed E-state index contributed by atoms with van der Waals surface area (Å²) in [5.74, 6) is -1.25. The van der Waals surface area contributed by atoms with Gasteiger partial charge in [0.1, 0.15) is 6.54 Å². The van der Waals surface area contributed by atoms with Crippen LogP contribution in [0.4, 0.5) is 5.69 Å². The molecule has 13 heteroatoms. The molecule has 2 aromatic carbocycles. The van der Waals surface area contributed by atoms with Gasteiger partial charge in [0.05, 0.1) is 27.1 Å². The number of hydrogen-bond donors (Lipinski definition) is 0. The van der Waals surface area contributed by atoms with Gasteiger partial charge in [0, 0.05) is 30.8 Å². The first-order chi connectivity index (χ1) is 16.1. The van der Waals surface area contributed by atoms with Crippen molar-refractivity contribution in [2.75, 3.05) is 20.2 Å². The van der Waals surface area contributed by atoms with Gasteiger partial charge in [0.2, 0.25) is 10.0 Å².